The number of hydrogen-bond acceptors (Lipinski definition) is 4. The molecule has 0 saturated heterocycles. The van der Waals surface area contributed by atoms with Gasteiger partial charge in [0.2, 0.25) is 0 Å². The zero-order valence-corrected chi connectivity index (χ0v) is 11.1. The van der Waals surface area contributed by atoms with Gasteiger partial charge in [-0.2, -0.15) is 0 Å². The highest BCUT2D eigenvalue weighted by molar-refractivity contribution is 7.18. The van der Waals surface area contributed by atoms with Crippen LogP contribution in [0.5, 0.6) is 0 Å². The summed E-state index contributed by atoms with van der Waals surface area (Å²) in [5, 5.41) is 1.03. The van der Waals surface area contributed by atoms with E-state index >= 15 is 0 Å². The minimum atomic E-state index is 0.0296. The summed E-state index contributed by atoms with van der Waals surface area (Å²) in [6.07, 6.45) is 1.90. The number of nitrogens with zero attached hydrogens (tertiary/aromatic N) is 1. The number of benzene rings is 1. The molecule has 0 amide bonds. The standard InChI is InChI=1S/C13H18N2OS/c1-9-5-3-7-11-12(9)15-13(17-11)10(14)6-4-8-16-2/h3,5,7,10H,4,6,8,14H2,1-2H3. The molecule has 1 heterocycles. The molecule has 0 radical (unpaired) electrons. The third-order valence-corrected chi connectivity index (χ3v) is 3.97. The molecule has 0 bridgehead atoms. The van der Waals surface area contributed by atoms with Gasteiger partial charge in [0.25, 0.3) is 0 Å². The van der Waals surface area contributed by atoms with Crippen molar-refractivity contribution in [3.63, 3.8) is 0 Å². The van der Waals surface area contributed by atoms with E-state index in [-0.39, 0.29) is 6.04 Å². The fourth-order valence-electron chi connectivity index (χ4n) is 1.83. The van der Waals surface area contributed by atoms with E-state index < -0.39 is 0 Å². The van der Waals surface area contributed by atoms with Crippen molar-refractivity contribution in [2.45, 2.75) is 25.8 Å². The molecule has 2 N–H and O–H groups in total. The molecular formula is C13H18N2OS. The van der Waals surface area contributed by atoms with E-state index in [1.54, 1.807) is 18.4 Å². The number of fused-ring (bicyclic) bond motifs is 1. The molecule has 3 nitrogen and oxygen atoms in total. The Hall–Kier alpha value is -0.970. The normalized spacial score (nSPS) is 13.1. The fourth-order valence-corrected chi connectivity index (χ4v) is 2.91. The van der Waals surface area contributed by atoms with E-state index in [0.29, 0.717) is 0 Å². The van der Waals surface area contributed by atoms with Crippen molar-refractivity contribution < 1.29 is 4.74 Å². The first-order chi connectivity index (χ1) is 8.22. The summed E-state index contributed by atoms with van der Waals surface area (Å²) in [6.45, 7) is 2.85. The van der Waals surface area contributed by atoms with Crippen LogP contribution < -0.4 is 5.73 Å². The highest BCUT2D eigenvalue weighted by atomic mass is 32.1. The van der Waals surface area contributed by atoms with E-state index in [1.165, 1.54) is 10.3 Å². The van der Waals surface area contributed by atoms with Gasteiger partial charge < -0.3 is 10.5 Å². The molecule has 92 valence electrons. The number of hydrogen-bond donors (Lipinski definition) is 1. The second kappa shape index (κ2) is 5.58. The quantitative estimate of drug-likeness (QED) is 0.830. The average molecular weight is 250 g/mol. The number of nitrogens with two attached hydrogens (primary N) is 1. The van der Waals surface area contributed by atoms with Gasteiger partial charge in [0, 0.05) is 13.7 Å². The van der Waals surface area contributed by atoms with Gasteiger partial charge in [-0.3, -0.25) is 0 Å². The van der Waals surface area contributed by atoms with Gasteiger partial charge in [-0.15, -0.1) is 11.3 Å². The maximum atomic E-state index is 6.14. The molecule has 1 aromatic carbocycles. The van der Waals surface area contributed by atoms with E-state index in [9.17, 15) is 0 Å². The number of aromatic nitrogens is 1. The molecule has 1 aromatic heterocycles. The number of thiazole rings is 1. The lowest BCUT2D eigenvalue weighted by atomic mass is 10.2. The van der Waals surface area contributed by atoms with Crippen LogP contribution in [0.4, 0.5) is 0 Å². The van der Waals surface area contributed by atoms with Crippen LogP contribution in [0.2, 0.25) is 0 Å². The lowest BCUT2D eigenvalue weighted by Crippen LogP contribution is -2.10. The topological polar surface area (TPSA) is 48.1 Å². The summed E-state index contributed by atoms with van der Waals surface area (Å²) in [6, 6.07) is 6.28. The molecule has 17 heavy (non-hydrogen) atoms. The molecule has 1 atom stereocenters. The second-order valence-corrected chi connectivity index (χ2v) is 5.28. The van der Waals surface area contributed by atoms with E-state index in [4.69, 9.17) is 10.5 Å². The van der Waals surface area contributed by atoms with Crippen LogP contribution in [0.3, 0.4) is 0 Å². The Kier molecular flexibility index (Phi) is 4.10. The van der Waals surface area contributed by atoms with Crippen LogP contribution in [0, 0.1) is 6.92 Å². The van der Waals surface area contributed by atoms with Gasteiger partial charge in [-0.1, -0.05) is 12.1 Å². The summed E-state index contributed by atoms with van der Waals surface area (Å²) < 4.78 is 6.26. The molecule has 0 saturated carbocycles. The lowest BCUT2D eigenvalue weighted by molar-refractivity contribution is 0.190. The Labute approximate surface area is 106 Å². The number of methoxy groups -OCH3 is 1. The van der Waals surface area contributed by atoms with Crippen molar-refractivity contribution in [1.82, 2.24) is 4.98 Å². The van der Waals surface area contributed by atoms with Crippen LogP contribution in [-0.4, -0.2) is 18.7 Å². The molecule has 0 aliphatic carbocycles. The Balaban J connectivity index is 2.16. The van der Waals surface area contributed by atoms with Gasteiger partial charge in [-0.05, 0) is 31.4 Å². The Bertz CT molecular complexity index is 495. The molecular weight excluding hydrogens is 232 g/mol. The minimum absolute atomic E-state index is 0.0296. The molecule has 2 aromatic rings. The van der Waals surface area contributed by atoms with E-state index in [0.717, 1.165) is 30.0 Å². The Morgan fingerprint density at radius 1 is 1.47 bits per heavy atom. The maximum Gasteiger partial charge on any atom is 0.111 e. The number of ether oxygens (including phenoxy) is 1. The third kappa shape index (κ3) is 2.83. The first kappa shape index (κ1) is 12.5. The summed E-state index contributed by atoms with van der Waals surface area (Å²) in [5.41, 5.74) is 8.45. The van der Waals surface area contributed by atoms with Crippen molar-refractivity contribution in [2.75, 3.05) is 13.7 Å². The van der Waals surface area contributed by atoms with Gasteiger partial charge in [0.15, 0.2) is 0 Å². The number of para-hydroxylation sites is 1. The van der Waals surface area contributed by atoms with Crippen LogP contribution in [0.1, 0.15) is 29.5 Å². The summed E-state index contributed by atoms with van der Waals surface area (Å²) >= 11 is 1.70. The monoisotopic (exact) mass is 250 g/mol. The molecule has 2 rings (SSSR count). The molecule has 1 unspecified atom stereocenters. The maximum absolute atomic E-state index is 6.14. The molecule has 0 aliphatic rings. The first-order valence-corrected chi connectivity index (χ1v) is 6.64. The predicted octanol–water partition coefficient (Wildman–Crippen LogP) is 3.03. The molecule has 0 spiro atoms. The van der Waals surface area contributed by atoms with Crippen molar-refractivity contribution in [2.24, 2.45) is 5.73 Å². The first-order valence-electron chi connectivity index (χ1n) is 5.83. The molecule has 4 heteroatoms. The average Bonchev–Trinajstić information content (AvgIpc) is 2.75. The summed E-state index contributed by atoms with van der Waals surface area (Å²) in [5.74, 6) is 0. The van der Waals surface area contributed by atoms with Crippen molar-refractivity contribution in [3.05, 3.63) is 28.8 Å². The number of rotatable bonds is 5. The molecule has 0 aliphatic heterocycles. The van der Waals surface area contributed by atoms with Crippen molar-refractivity contribution in [1.29, 1.82) is 0 Å². The van der Waals surface area contributed by atoms with Crippen molar-refractivity contribution >= 4 is 21.6 Å². The van der Waals surface area contributed by atoms with E-state index in [1.807, 2.05) is 0 Å². The third-order valence-electron chi connectivity index (χ3n) is 2.82. The molecule has 0 fully saturated rings. The highest BCUT2D eigenvalue weighted by Crippen LogP contribution is 2.28. The van der Waals surface area contributed by atoms with Gasteiger partial charge in [0.1, 0.15) is 5.01 Å². The summed E-state index contributed by atoms with van der Waals surface area (Å²) in [7, 11) is 1.71. The van der Waals surface area contributed by atoms with Gasteiger partial charge in [0.05, 0.1) is 16.3 Å². The van der Waals surface area contributed by atoms with Crippen LogP contribution in [-0.2, 0) is 4.74 Å². The zero-order valence-electron chi connectivity index (χ0n) is 10.3. The minimum Gasteiger partial charge on any atom is -0.385 e. The highest BCUT2D eigenvalue weighted by Gasteiger charge is 2.12. The summed E-state index contributed by atoms with van der Waals surface area (Å²) in [4.78, 5) is 4.64. The van der Waals surface area contributed by atoms with Crippen molar-refractivity contribution in [3.8, 4) is 0 Å². The number of aryl methyl sites for hydroxylation is 1. The lowest BCUT2D eigenvalue weighted by Gasteiger charge is -2.06. The second-order valence-electron chi connectivity index (χ2n) is 4.22. The van der Waals surface area contributed by atoms with Gasteiger partial charge >= 0.3 is 0 Å². The van der Waals surface area contributed by atoms with E-state index in [2.05, 4.69) is 30.1 Å². The van der Waals surface area contributed by atoms with Gasteiger partial charge in [-0.25, -0.2) is 4.98 Å². The van der Waals surface area contributed by atoms with Crippen LogP contribution >= 0.6 is 11.3 Å². The Morgan fingerprint density at radius 3 is 3.00 bits per heavy atom. The van der Waals surface area contributed by atoms with Crippen LogP contribution in [0.15, 0.2) is 18.2 Å². The predicted molar refractivity (Wildman–Crippen MR) is 72.4 cm³/mol. The van der Waals surface area contributed by atoms with Crippen LogP contribution in [0.25, 0.3) is 10.2 Å². The fraction of sp³-hybridized carbons (Fsp3) is 0.462. The Morgan fingerprint density at radius 2 is 2.29 bits per heavy atom. The largest absolute Gasteiger partial charge is 0.385 e. The zero-order chi connectivity index (χ0) is 12.3. The SMILES string of the molecule is COCCCC(N)c1nc2c(C)cccc2s1. The smallest absolute Gasteiger partial charge is 0.111 e.